The first-order valence-electron chi connectivity index (χ1n) is 12.4. The number of aliphatic hydroxyl groups is 2. The molecule has 3 aromatic carbocycles. The number of hydrogen-bond donors (Lipinski definition) is 2. The van der Waals surface area contributed by atoms with Gasteiger partial charge in [0.05, 0.1) is 26.4 Å². The molecule has 12 nitrogen and oxygen atoms in total. The van der Waals surface area contributed by atoms with Gasteiger partial charge in [-0.25, -0.2) is 4.79 Å². The molecule has 3 unspecified atom stereocenters. The summed E-state index contributed by atoms with van der Waals surface area (Å²) >= 11 is 0. The lowest BCUT2D eigenvalue weighted by Gasteiger charge is -2.26. The van der Waals surface area contributed by atoms with Crippen molar-refractivity contribution in [3.63, 3.8) is 0 Å². The van der Waals surface area contributed by atoms with Gasteiger partial charge in [-0.2, -0.15) is 0 Å². The highest BCUT2D eigenvalue weighted by molar-refractivity contribution is 6.14. The Morgan fingerprint density at radius 3 is 2.48 bits per heavy atom. The molecule has 0 spiro atoms. The van der Waals surface area contributed by atoms with Crippen LogP contribution < -0.4 is 23.7 Å². The molecule has 40 heavy (non-hydrogen) atoms. The standard InChI is InChI=1S/C28H26O12/c1-13(29)36-10-28(32)11-37-27(25(28)30)40-24-16-8-20(34-3)19(33-2)7-15(16)22(23-17(24)9-35-26(23)31)14-4-5-18-21(6-14)39-12-38-18/h4-8,25,27,30,32H,9-12H2,1-3H3. The fraction of sp³-hybridized carbons (Fsp3) is 0.357. The molecule has 0 amide bonds. The van der Waals surface area contributed by atoms with Crippen LogP contribution in [0.25, 0.3) is 21.9 Å². The van der Waals surface area contributed by atoms with Crippen LogP contribution in [0.15, 0.2) is 30.3 Å². The van der Waals surface area contributed by atoms with E-state index in [1.807, 2.05) is 6.07 Å². The minimum Gasteiger partial charge on any atom is -0.493 e. The van der Waals surface area contributed by atoms with E-state index in [0.29, 0.717) is 50.5 Å². The minimum absolute atomic E-state index is 0.0883. The number of methoxy groups -OCH3 is 2. The molecule has 3 aliphatic heterocycles. The van der Waals surface area contributed by atoms with Crippen molar-refractivity contribution in [1.29, 1.82) is 0 Å². The summed E-state index contributed by atoms with van der Waals surface area (Å²) < 4.78 is 44.3. The summed E-state index contributed by atoms with van der Waals surface area (Å²) in [6.07, 6.45) is -2.93. The average Bonchev–Trinajstić information content (AvgIpc) is 3.65. The lowest BCUT2D eigenvalue weighted by atomic mass is 9.89. The molecule has 0 saturated carbocycles. The molecule has 3 aromatic rings. The van der Waals surface area contributed by atoms with Crippen molar-refractivity contribution in [2.45, 2.75) is 31.5 Å². The first-order chi connectivity index (χ1) is 19.2. The van der Waals surface area contributed by atoms with E-state index in [9.17, 15) is 19.8 Å². The predicted octanol–water partition coefficient (Wildman–Crippen LogP) is 2.31. The van der Waals surface area contributed by atoms with E-state index in [2.05, 4.69) is 0 Å². The summed E-state index contributed by atoms with van der Waals surface area (Å²) in [5, 5.41) is 22.8. The number of benzene rings is 3. The van der Waals surface area contributed by atoms with E-state index in [4.69, 9.17) is 37.9 Å². The molecule has 0 aliphatic carbocycles. The Morgan fingerprint density at radius 2 is 1.75 bits per heavy atom. The van der Waals surface area contributed by atoms with Gasteiger partial charge in [0, 0.05) is 23.4 Å². The second kappa shape index (κ2) is 9.73. The molecule has 3 heterocycles. The summed E-state index contributed by atoms with van der Waals surface area (Å²) in [7, 11) is 2.98. The van der Waals surface area contributed by atoms with Gasteiger partial charge < -0.3 is 48.1 Å². The van der Waals surface area contributed by atoms with Crippen molar-refractivity contribution in [2.75, 3.05) is 34.2 Å². The summed E-state index contributed by atoms with van der Waals surface area (Å²) in [4.78, 5) is 24.4. The lowest BCUT2D eigenvalue weighted by molar-refractivity contribution is -0.156. The van der Waals surface area contributed by atoms with Crippen molar-refractivity contribution >= 4 is 22.7 Å². The Balaban J connectivity index is 1.53. The quantitative estimate of drug-likeness (QED) is 0.413. The number of fused-ring (bicyclic) bond motifs is 3. The Labute approximate surface area is 227 Å². The predicted molar refractivity (Wildman–Crippen MR) is 136 cm³/mol. The van der Waals surface area contributed by atoms with Crippen LogP contribution in [0.3, 0.4) is 0 Å². The van der Waals surface area contributed by atoms with Crippen molar-refractivity contribution in [2.24, 2.45) is 0 Å². The number of cyclic esters (lactones) is 1. The second-order valence-electron chi connectivity index (χ2n) is 9.58. The van der Waals surface area contributed by atoms with E-state index in [-0.39, 0.29) is 31.3 Å². The van der Waals surface area contributed by atoms with Crippen LogP contribution >= 0.6 is 0 Å². The van der Waals surface area contributed by atoms with Crippen LogP contribution in [-0.2, 0) is 25.6 Å². The Hall–Kier alpha value is -4.26. The van der Waals surface area contributed by atoms with Crippen LogP contribution in [0.2, 0.25) is 0 Å². The Morgan fingerprint density at radius 1 is 1.02 bits per heavy atom. The van der Waals surface area contributed by atoms with Gasteiger partial charge in [0.1, 0.15) is 19.0 Å². The van der Waals surface area contributed by atoms with E-state index >= 15 is 0 Å². The molecule has 210 valence electrons. The fourth-order valence-electron chi connectivity index (χ4n) is 5.12. The summed E-state index contributed by atoms with van der Waals surface area (Å²) in [6.45, 7) is 0.332. The SMILES string of the molecule is COc1cc2c(OC3OCC(O)(COC(C)=O)C3O)c3c(c(-c4ccc5c(c4)OCO5)c2cc1OC)C(=O)OC3. The monoisotopic (exact) mass is 554 g/mol. The highest BCUT2D eigenvalue weighted by Gasteiger charge is 2.51. The molecule has 6 rings (SSSR count). The summed E-state index contributed by atoms with van der Waals surface area (Å²) in [5.41, 5.74) is 0.00357. The zero-order valence-corrected chi connectivity index (χ0v) is 21.8. The highest BCUT2D eigenvalue weighted by atomic mass is 16.7. The molecule has 12 heteroatoms. The molecule has 0 aromatic heterocycles. The summed E-state index contributed by atoms with van der Waals surface area (Å²) in [6, 6.07) is 8.75. The van der Waals surface area contributed by atoms with Crippen LogP contribution in [0.1, 0.15) is 22.8 Å². The minimum atomic E-state index is -1.89. The fourth-order valence-corrected chi connectivity index (χ4v) is 5.12. The molecule has 1 saturated heterocycles. The number of rotatable bonds is 7. The van der Waals surface area contributed by atoms with Crippen LogP contribution in [-0.4, -0.2) is 74.4 Å². The number of ether oxygens (including phenoxy) is 8. The van der Waals surface area contributed by atoms with Crippen molar-refractivity contribution in [3.8, 4) is 39.9 Å². The lowest BCUT2D eigenvalue weighted by Crippen LogP contribution is -2.49. The highest BCUT2D eigenvalue weighted by Crippen LogP contribution is 2.49. The number of carbonyl (C=O) groups excluding carboxylic acids is 2. The van der Waals surface area contributed by atoms with Gasteiger partial charge in [0.2, 0.25) is 13.1 Å². The average molecular weight is 555 g/mol. The Kier molecular flexibility index (Phi) is 6.32. The first kappa shape index (κ1) is 26.0. The van der Waals surface area contributed by atoms with E-state index in [1.54, 1.807) is 24.3 Å². The maximum Gasteiger partial charge on any atom is 0.339 e. The first-order valence-corrected chi connectivity index (χ1v) is 12.4. The van der Waals surface area contributed by atoms with Gasteiger partial charge in [-0.15, -0.1) is 0 Å². The third-order valence-corrected chi connectivity index (χ3v) is 7.14. The molecule has 0 radical (unpaired) electrons. The van der Waals surface area contributed by atoms with Gasteiger partial charge in [0.25, 0.3) is 0 Å². The topological polar surface area (TPSA) is 148 Å². The van der Waals surface area contributed by atoms with Crippen molar-refractivity contribution in [1.82, 2.24) is 0 Å². The third-order valence-electron chi connectivity index (χ3n) is 7.14. The molecule has 1 fully saturated rings. The summed E-state index contributed by atoms with van der Waals surface area (Å²) in [5.74, 6) is 0.916. The molecule has 3 aliphatic rings. The zero-order valence-electron chi connectivity index (χ0n) is 21.8. The zero-order chi connectivity index (χ0) is 28.2. The van der Waals surface area contributed by atoms with Gasteiger partial charge in [0.15, 0.2) is 34.7 Å². The second-order valence-corrected chi connectivity index (χ2v) is 9.58. The van der Waals surface area contributed by atoms with Gasteiger partial charge in [-0.3, -0.25) is 4.79 Å². The third kappa shape index (κ3) is 4.12. The smallest absolute Gasteiger partial charge is 0.339 e. The van der Waals surface area contributed by atoms with Gasteiger partial charge in [-0.1, -0.05) is 6.07 Å². The van der Waals surface area contributed by atoms with Gasteiger partial charge >= 0.3 is 11.9 Å². The maximum absolute atomic E-state index is 13.2. The van der Waals surface area contributed by atoms with Crippen molar-refractivity contribution in [3.05, 3.63) is 41.5 Å². The molecular formula is C28H26O12. The number of esters is 2. The number of carbonyl (C=O) groups is 2. The number of hydrogen-bond acceptors (Lipinski definition) is 12. The van der Waals surface area contributed by atoms with Crippen LogP contribution in [0, 0.1) is 0 Å². The normalized spacial score (nSPS) is 22.7. The van der Waals surface area contributed by atoms with Crippen LogP contribution in [0.4, 0.5) is 0 Å². The molecular weight excluding hydrogens is 528 g/mol. The largest absolute Gasteiger partial charge is 0.493 e. The van der Waals surface area contributed by atoms with Crippen LogP contribution in [0.5, 0.6) is 28.7 Å². The van der Waals surface area contributed by atoms with Gasteiger partial charge in [-0.05, 0) is 35.2 Å². The molecule has 3 atom stereocenters. The van der Waals surface area contributed by atoms with E-state index < -0.39 is 36.5 Å². The van der Waals surface area contributed by atoms with Crippen molar-refractivity contribution < 1.29 is 57.7 Å². The van der Waals surface area contributed by atoms with E-state index in [0.717, 1.165) is 0 Å². The number of aliphatic hydroxyl groups excluding tert-OH is 1. The molecule has 0 bridgehead atoms. The van der Waals surface area contributed by atoms with E-state index in [1.165, 1.54) is 21.1 Å². The molecule has 2 N–H and O–H groups in total. The maximum atomic E-state index is 13.2. The Bertz CT molecular complexity index is 1530.